The number of nitrogens with zero attached hydrogens (tertiary/aromatic N) is 2. The fraction of sp³-hybridized carbons (Fsp3) is 0.360. The Balaban J connectivity index is 1.86. The number of hydrogen-bond acceptors (Lipinski definition) is 4. The van der Waals surface area contributed by atoms with Gasteiger partial charge in [0.25, 0.3) is 5.91 Å². The normalized spacial score (nSPS) is 14.9. The highest BCUT2D eigenvalue weighted by atomic mass is 19.1. The Labute approximate surface area is 183 Å². The van der Waals surface area contributed by atoms with E-state index in [0.717, 1.165) is 35.4 Å². The van der Waals surface area contributed by atoms with E-state index in [1.807, 2.05) is 19.9 Å². The number of fused-ring (bicyclic) bond motifs is 1. The molecule has 164 valence electrons. The Kier molecular flexibility index (Phi) is 6.48. The maximum absolute atomic E-state index is 14.9. The molecule has 1 aliphatic heterocycles. The van der Waals surface area contributed by atoms with Gasteiger partial charge in [-0.3, -0.25) is 4.79 Å². The second kappa shape index (κ2) is 8.92. The Morgan fingerprint density at radius 1 is 1.26 bits per heavy atom. The minimum Gasteiger partial charge on any atom is -0.496 e. The van der Waals surface area contributed by atoms with Gasteiger partial charge in [0, 0.05) is 23.4 Å². The standard InChI is InChI=1S/C25H30FN3O2/c1-7-10-29-22-13-21(26)18(12-20(22)17(3)14-25(29,4)5)15-27-28-24(30)19-9-8-16(2)11-23(19)31-6/h8-9,11-15H,7,10H2,1-6H3,(H,28,30)/b27-15-. The number of carbonyl (C=O) groups is 1. The van der Waals surface area contributed by atoms with Crippen molar-refractivity contribution >= 4 is 23.4 Å². The van der Waals surface area contributed by atoms with Crippen LogP contribution in [0.1, 0.15) is 61.2 Å². The molecule has 31 heavy (non-hydrogen) atoms. The van der Waals surface area contributed by atoms with Crippen LogP contribution in [-0.2, 0) is 0 Å². The van der Waals surface area contributed by atoms with Gasteiger partial charge in [-0.25, -0.2) is 9.82 Å². The van der Waals surface area contributed by atoms with E-state index in [4.69, 9.17) is 4.74 Å². The van der Waals surface area contributed by atoms with Crippen molar-refractivity contribution in [1.29, 1.82) is 0 Å². The van der Waals surface area contributed by atoms with Crippen molar-refractivity contribution in [3.05, 3.63) is 64.5 Å². The first-order valence-electron chi connectivity index (χ1n) is 10.5. The Morgan fingerprint density at radius 2 is 2.00 bits per heavy atom. The number of benzene rings is 2. The van der Waals surface area contributed by atoms with Gasteiger partial charge in [0.1, 0.15) is 11.6 Å². The lowest BCUT2D eigenvalue weighted by Gasteiger charge is -2.43. The molecule has 1 aliphatic rings. The third-order valence-electron chi connectivity index (χ3n) is 5.51. The van der Waals surface area contributed by atoms with Gasteiger partial charge in [-0.05, 0) is 69.5 Å². The molecule has 1 amide bonds. The number of amides is 1. The average Bonchev–Trinajstić information content (AvgIpc) is 2.71. The van der Waals surface area contributed by atoms with Crippen molar-refractivity contribution < 1.29 is 13.9 Å². The molecule has 0 aliphatic carbocycles. The van der Waals surface area contributed by atoms with Gasteiger partial charge in [0.2, 0.25) is 0 Å². The van der Waals surface area contributed by atoms with E-state index in [1.165, 1.54) is 13.3 Å². The number of allylic oxidation sites excluding steroid dienone is 1. The number of halogens is 1. The molecule has 0 bridgehead atoms. The molecule has 5 nitrogen and oxygen atoms in total. The van der Waals surface area contributed by atoms with E-state index in [0.29, 0.717) is 16.9 Å². The lowest BCUT2D eigenvalue weighted by atomic mass is 9.88. The van der Waals surface area contributed by atoms with Crippen molar-refractivity contribution in [2.75, 3.05) is 18.6 Å². The van der Waals surface area contributed by atoms with Crippen LogP contribution in [0.4, 0.5) is 10.1 Å². The highest BCUT2D eigenvalue weighted by Crippen LogP contribution is 2.40. The molecule has 0 radical (unpaired) electrons. The van der Waals surface area contributed by atoms with Crippen molar-refractivity contribution in [2.45, 2.75) is 46.6 Å². The lowest BCUT2D eigenvalue weighted by Crippen LogP contribution is -2.45. The van der Waals surface area contributed by atoms with Gasteiger partial charge in [-0.1, -0.05) is 19.1 Å². The molecular weight excluding hydrogens is 393 g/mol. The summed E-state index contributed by atoms with van der Waals surface area (Å²) in [5, 5.41) is 3.98. The molecule has 0 fully saturated rings. The highest BCUT2D eigenvalue weighted by Gasteiger charge is 2.31. The van der Waals surface area contributed by atoms with Gasteiger partial charge in [-0.15, -0.1) is 0 Å². The SMILES string of the molecule is CCCN1c2cc(F)c(/C=N\NC(=O)c3ccc(C)cc3OC)cc2C(C)=CC1(C)C. The number of ether oxygens (including phenoxy) is 1. The van der Waals surface area contributed by atoms with Crippen molar-refractivity contribution in [1.82, 2.24) is 5.43 Å². The number of hydrazone groups is 1. The number of aryl methyl sites for hydroxylation is 1. The maximum atomic E-state index is 14.9. The number of methoxy groups -OCH3 is 1. The third kappa shape index (κ3) is 4.63. The molecule has 3 rings (SSSR count). The van der Waals surface area contributed by atoms with E-state index in [1.54, 1.807) is 24.3 Å². The zero-order valence-electron chi connectivity index (χ0n) is 19.0. The number of anilines is 1. The third-order valence-corrected chi connectivity index (χ3v) is 5.51. The Hall–Kier alpha value is -3.15. The predicted molar refractivity (Wildman–Crippen MR) is 125 cm³/mol. The number of rotatable bonds is 6. The zero-order chi connectivity index (χ0) is 22.8. The maximum Gasteiger partial charge on any atom is 0.275 e. The monoisotopic (exact) mass is 423 g/mol. The van der Waals surface area contributed by atoms with Crippen LogP contribution >= 0.6 is 0 Å². The Bertz CT molecular complexity index is 1060. The molecule has 6 heteroatoms. The summed E-state index contributed by atoms with van der Waals surface area (Å²) in [4.78, 5) is 14.7. The van der Waals surface area contributed by atoms with Crippen molar-refractivity contribution in [3.8, 4) is 5.75 Å². The van der Waals surface area contributed by atoms with Crippen LogP contribution < -0.4 is 15.1 Å². The number of carbonyl (C=O) groups excluding carboxylic acids is 1. The fourth-order valence-corrected chi connectivity index (χ4v) is 4.05. The van der Waals surface area contributed by atoms with E-state index >= 15 is 0 Å². The van der Waals surface area contributed by atoms with E-state index in [9.17, 15) is 9.18 Å². The molecule has 2 aromatic carbocycles. The van der Waals surface area contributed by atoms with Crippen LogP contribution in [0.5, 0.6) is 5.75 Å². The lowest BCUT2D eigenvalue weighted by molar-refractivity contribution is 0.0952. The molecule has 2 aromatic rings. The minimum absolute atomic E-state index is 0.184. The highest BCUT2D eigenvalue weighted by molar-refractivity contribution is 5.97. The van der Waals surface area contributed by atoms with Gasteiger partial charge in [-0.2, -0.15) is 5.10 Å². The molecule has 0 unspecified atom stereocenters. The van der Waals surface area contributed by atoms with Crippen LogP contribution in [0.15, 0.2) is 41.5 Å². The summed E-state index contributed by atoms with van der Waals surface area (Å²) >= 11 is 0. The van der Waals surface area contributed by atoms with Crippen LogP contribution in [0.2, 0.25) is 0 Å². The van der Waals surface area contributed by atoms with Crippen molar-refractivity contribution in [2.24, 2.45) is 5.10 Å². The Morgan fingerprint density at radius 3 is 2.68 bits per heavy atom. The summed E-state index contributed by atoms with van der Waals surface area (Å²) in [7, 11) is 1.51. The van der Waals surface area contributed by atoms with Crippen LogP contribution in [0.25, 0.3) is 5.57 Å². The molecule has 0 saturated heterocycles. The topological polar surface area (TPSA) is 53.9 Å². The van der Waals surface area contributed by atoms with Gasteiger partial charge < -0.3 is 9.64 Å². The second-order valence-corrected chi connectivity index (χ2v) is 8.43. The fourth-order valence-electron chi connectivity index (χ4n) is 4.05. The quantitative estimate of drug-likeness (QED) is 0.505. The summed E-state index contributed by atoms with van der Waals surface area (Å²) in [5.74, 6) is -0.332. The second-order valence-electron chi connectivity index (χ2n) is 8.43. The van der Waals surface area contributed by atoms with Crippen LogP contribution in [0, 0.1) is 12.7 Å². The van der Waals surface area contributed by atoms with Gasteiger partial charge in [0.05, 0.1) is 24.4 Å². The van der Waals surface area contributed by atoms with Crippen molar-refractivity contribution in [3.63, 3.8) is 0 Å². The van der Waals surface area contributed by atoms with Gasteiger partial charge >= 0.3 is 0 Å². The van der Waals surface area contributed by atoms with Gasteiger partial charge in [0.15, 0.2) is 0 Å². The first kappa shape index (κ1) is 22.5. The summed E-state index contributed by atoms with van der Waals surface area (Å²) in [6, 6.07) is 8.63. The molecule has 1 heterocycles. The minimum atomic E-state index is -0.418. The molecule has 0 aromatic heterocycles. The van der Waals surface area contributed by atoms with Crippen LogP contribution in [0.3, 0.4) is 0 Å². The molecular formula is C25H30FN3O2. The summed E-state index contributed by atoms with van der Waals surface area (Å²) in [6.07, 6.45) is 4.51. The molecule has 0 saturated carbocycles. The molecule has 1 N–H and O–H groups in total. The smallest absolute Gasteiger partial charge is 0.275 e. The average molecular weight is 424 g/mol. The zero-order valence-corrected chi connectivity index (χ0v) is 19.0. The van der Waals surface area contributed by atoms with E-state index in [-0.39, 0.29) is 11.4 Å². The summed E-state index contributed by atoms with van der Waals surface area (Å²) < 4.78 is 20.2. The molecule has 0 spiro atoms. The first-order chi connectivity index (χ1) is 14.7. The van der Waals surface area contributed by atoms with Crippen LogP contribution in [-0.4, -0.2) is 31.3 Å². The summed E-state index contributed by atoms with van der Waals surface area (Å²) in [6.45, 7) is 11.2. The van der Waals surface area contributed by atoms with E-state index < -0.39 is 5.91 Å². The summed E-state index contributed by atoms with van der Waals surface area (Å²) in [5.41, 5.74) is 6.90. The largest absolute Gasteiger partial charge is 0.496 e. The first-order valence-corrected chi connectivity index (χ1v) is 10.5. The number of nitrogens with one attached hydrogen (secondary N) is 1. The molecule has 0 atom stereocenters. The predicted octanol–water partition coefficient (Wildman–Crippen LogP) is 5.32. The number of hydrogen-bond donors (Lipinski definition) is 1. The van der Waals surface area contributed by atoms with E-state index in [2.05, 4.69) is 42.3 Å².